The molecule has 27 heavy (non-hydrogen) atoms. The number of benzene rings is 2. The maximum absolute atomic E-state index is 12.4. The number of hydrogen-bond acceptors (Lipinski definition) is 5. The van der Waals surface area contributed by atoms with Crippen LogP contribution in [0.1, 0.15) is 11.3 Å². The fourth-order valence-electron chi connectivity index (χ4n) is 2.83. The molecule has 6 nitrogen and oxygen atoms in total. The first-order valence-electron chi connectivity index (χ1n) is 8.12. The third-order valence-electron chi connectivity index (χ3n) is 4.19. The van der Waals surface area contributed by atoms with Gasteiger partial charge in [0.25, 0.3) is 10.0 Å². The van der Waals surface area contributed by atoms with Crippen LogP contribution in [0.25, 0.3) is 11.3 Å². The van der Waals surface area contributed by atoms with Gasteiger partial charge in [0.15, 0.2) is 0 Å². The molecule has 3 aromatic rings. The summed E-state index contributed by atoms with van der Waals surface area (Å²) < 4.78 is 27.4. The van der Waals surface area contributed by atoms with Crippen LogP contribution in [0.15, 0.2) is 70.6 Å². The molecule has 2 aromatic carbocycles. The summed E-state index contributed by atoms with van der Waals surface area (Å²) in [5, 5.41) is 0.379. The number of nitrogens with one attached hydrogen (secondary N) is 1. The largest absolute Gasteiger partial charge is 0.382 e. The third kappa shape index (κ3) is 3.39. The van der Waals surface area contributed by atoms with Gasteiger partial charge in [-0.15, -0.1) is 0 Å². The van der Waals surface area contributed by atoms with Crippen molar-refractivity contribution in [3.63, 3.8) is 0 Å². The summed E-state index contributed by atoms with van der Waals surface area (Å²) in [6, 6.07) is 16.8. The monoisotopic (exact) mass is 398 g/mol. The molecule has 0 fully saturated rings. The summed E-state index contributed by atoms with van der Waals surface area (Å²) in [4.78, 5) is 8.89. The topological polar surface area (TPSA) is 97.4 Å². The smallest absolute Gasteiger partial charge is 0.261 e. The van der Waals surface area contributed by atoms with Gasteiger partial charge in [0, 0.05) is 11.1 Å². The number of halogens is 1. The van der Waals surface area contributed by atoms with Crippen LogP contribution in [0, 0.1) is 0 Å². The van der Waals surface area contributed by atoms with Gasteiger partial charge in [-0.3, -0.25) is 9.71 Å². The van der Waals surface area contributed by atoms with Gasteiger partial charge >= 0.3 is 0 Å². The average Bonchev–Trinajstić information content (AvgIpc) is 3.03. The Balaban J connectivity index is 1.64. The Kier molecular flexibility index (Phi) is 4.33. The first kappa shape index (κ1) is 17.5. The Hall–Kier alpha value is -2.90. The molecule has 0 saturated carbocycles. The van der Waals surface area contributed by atoms with Crippen molar-refractivity contribution in [3.05, 3.63) is 76.9 Å². The number of rotatable bonds is 4. The highest BCUT2D eigenvalue weighted by molar-refractivity contribution is 7.92. The number of anilines is 1. The van der Waals surface area contributed by atoms with Gasteiger partial charge in [-0.05, 0) is 36.4 Å². The number of aromatic nitrogens is 1. The standard InChI is InChI=1S/C19H15ClN4O2S/c20-16-10-13(24-27(25,26)14-4-2-1-3-5-14)7-8-15(16)17-9-6-12-11-22-19(21)18(12)23-17/h1-10,24H,11H2,(H2,21,22). The van der Waals surface area contributed by atoms with Gasteiger partial charge in [-0.25, -0.2) is 13.4 Å². The molecule has 1 aliphatic heterocycles. The van der Waals surface area contributed by atoms with E-state index in [2.05, 4.69) is 14.7 Å². The van der Waals surface area contributed by atoms with E-state index in [0.717, 1.165) is 5.56 Å². The first-order valence-corrected chi connectivity index (χ1v) is 9.98. The van der Waals surface area contributed by atoms with E-state index < -0.39 is 10.0 Å². The molecule has 1 aromatic heterocycles. The Morgan fingerprint density at radius 2 is 1.81 bits per heavy atom. The third-order valence-corrected chi connectivity index (χ3v) is 5.90. The lowest BCUT2D eigenvalue weighted by Gasteiger charge is -2.11. The van der Waals surface area contributed by atoms with E-state index in [0.29, 0.717) is 40.0 Å². The minimum absolute atomic E-state index is 0.181. The van der Waals surface area contributed by atoms with E-state index in [1.54, 1.807) is 36.4 Å². The van der Waals surface area contributed by atoms with Gasteiger partial charge in [0.05, 0.1) is 27.8 Å². The molecule has 0 radical (unpaired) electrons. The highest BCUT2D eigenvalue weighted by atomic mass is 35.5. The molecule has 0 aliphatic carbocycles. The van der Waals surface area contributed by atoms with Gasteiger partial charge in [-0.2, -0.15) is 0 Å². The van der Waals surface area contributed by atoms with Crippen LogP contribution in [0.4, 0.5) is 5.69 Å². The minimum Gasteiger partial charge on any atom is -0.382 e. The van der Waals surface area contributed by atoms with E-state index in [1.165, 1.54) is 12.1 Å². The maximum Gasteiger partial charge on any atom is 0.261 e. The number of amidine groups is 1. The normalized spacial score (nSPS) is 13.1. The maximum atomic E-state index is 12.4. The molecule has 136 valence electrons. The van der Waals surface area contributed by atoms with E-state index in [4.69, 9.17) is 17.3 Å². The van der Waals surface area contributed by atoms with Gasteiger partial charge < -0.3 is 5.73 Å². The number of pyridine rings is 1. The predicted molar refractivity (Wildman–Crippen MR) is 106 cm³/mol. The van der Waals surface area contributed by atoms with Crippen molar-refractivity contribution in [1.82, 2.24) is 4.98 Å². The number of sulfonamides is 1. The van der Waals surface area contributed by atoms with Crippen molar-refractivity contribution in [1.29, 1.82) is 0 Å². The van der Waals surface area contributed by atoms with Gasteiger partial charge in [0.2, 0.25) is 0 Å². The second-order valence-corrected chi connectivity index (χ2v) is 8.11. The molecule has 0 saturated heterocycles. The van der Waals surface area contributed by atoms with Crippen LogP contribution in [0.5, 0.6) is 0 Å². The van der Waals surface area contributed by atoms with Gasteiger partial charge in [0.1, 0.15) is 11.5 Å². The summed E-state index contributed by atoms with van der Waals surface area (Å²) in [5.41, 5.74) is 9.20. The first-order chi connectivity index (χ1) is 12.9. The Bertz CT molecular complexity index is 1160. The molecule has 3 N–H and O–H groups in total. The highest BCUT2D eigenvalue weighted by Crippen LogP contribution is 2.31. The van der Waals surface area contributed by atoms with E-state index in [-0.39, 0.29) is 4.90 Å². The summed E-state index contributed by atoms with van der Waals surface area (Å²) in [6.07, 6.45) is 0. The van der Waals surface area contributed by atoms with Crippen LogP contribution < -0.4 is 10.5 Å². The molecular weight excluding hydrogens is 384 g/mol. The van der Waals surface area contributed by atoms with Crippen LogP contribution in [0.2, 0.25) is 5.02 Å². The second-order valence-electron chi connectivity index (χ2n) is 6.02. The van der Waals surface area contributed by atoms with Crippen molar-refractivity contribution >= 4 is 33.1 Å². The summed E-state index contributed by atoms with van der Waals surface area (Å²) >= 11 is 6.39. The molecule has 0 unspecified atom stereocenters. The van der Waals surface area contributed by atoms with E-state index in [9.17, 15) is 8.42 Å². The molecule has 2 heterocycles. The van der Waals surface area contributed by atoms with Crippen LogP contribution in [-0.4, -0.2) is 19.2 Å². The lowest BCUT2D eigenvalue weighted by molar-refractivity contribution is 0.601. The van der Waals surface area contributed by atoms with E-state index >= 15 is 0 Å². The highest BCUT2D eigenvalue weighted by Gasteiger charge is 2.18. The van der Waals surface area contributed by atoms with Crippen molar-refractivity contribution in [2.24, 2.45) is 10.7 Å². The Morgan fingerprint density at radius 3 is 2.56 bits per heavy atom. The minimum atomic E-state index is -3.68. The van der Waals surface area contributed by atoms with E-state index in [1.807, 2.05) is 12.1 Å². The van der Waals surface area contributed by atoms with Crippen LogP contribution >= 0.6 is 11.6 Å². The fraction of sp³-hybridized carbons (Fsp3) is 0.0526. The zero-order valence-corrected chi connectivity index (χ0v) is 15.6. The number of nitrogens with zero attached hydrogens (tertiary/aromatic N) is 2. The molecular formula is C19H15ClN4O2S. The molecule has 0 spiro atoms. The molecule has 4 rings (SSSR count). The number of hydrogen-bond donors (Lipinski definition) is 2. The second kappa shape index (κ2) is 6.68. The Morgan fingerprint density at radius 1 is 1.04 bits per heavy atom. The van der Waals surface area contributed by atoms with Crippen molar-refractivity contribution in [3.8, 4) is 11.3 Å². The molecule has 1 aliphatic rings. The predicted octanol–water partition coefficient (Wildman–Crippen LogP) is 3.42. The average molecular weight is 399 g/mol. The fourth-order valence-corrected chi connectivity index (χ4v) is 4.18. The zero-order chi connectivity index (χ0) is 19.0. The van der Waals surface area contributed by atoms with Crippen LogP contribution in [-0.2, 0) is 16.6 Å². The van der Waals surface area contributed by atoms with Crippen molar-refractivity contribution < 1.29 is 8.42 Å². The summed E-state index contributed by atoms with van der Waals surface area (Å²) in [6.45, 7) is 0.530. The molecule has 0 bridgehead atoms. The quantitative estimate of drug-likeness (QED) is 0.703. The summed E-state index contributed by atoms with van der Waals surface area (Å²) in [5.74, 6) is 0.412. The number of aliphatic imine (C=N–C) groups is 1. The lowest BCUT2D eigenvalue weighted by Crippen LogP contribution is -2.13. The molecule has 0 amide bonds. The summed E-state index contributed by atoms with van der Waals surface area (Å²) in [7, 11) is -3.68. The lowest BCUT2D eigenvalue weighted by atomic mass is 10.1. The SMILES string of the molecule is NC1=NCc2ccc(-c3ccc(NS(=O)(=O)c4ccccc4)cc3Cl)nc21. The van der Waals surface area contributed by atoms with Crippen molar-refractivity contribution in [2.75, 3.05) is 4.72 Å². The van der Waals surface area contributed by atoms with Crippen molar-refractivity contribution in [2.45, 2.75) is 11.4 Å². The van der Waals surface area contributed by atoms with Crippen LogP contribution in [0.3, 0.4) is 0 Å². The molecule has 8 heteroatoms. The number of nitrogens with two attached hydrogens (primary N) is 1. The Labute approximate surface area is 161 Å². The zero-order valence-electron chi connectivity index (χ0n) is 14.1. The van der Waals surface area contributed by atoms with Gasteiger partial charge in [-0.1, -0.05) is 35.9 Å². The molecule has 0 atom stereocenters. The number of fused-ring (bicyclic) bond motifs is 1.